The van der Waals surface area contributed by atoms with Gasteiger partial charge in [-0.1, -0.05) is 6.07 Å². The summed E-state index contributed by atoms with van der Waals surface area (Å²) in [5, 5.41) is 1.10. The number of aromatic nitrogens is 3. The second-order valence-corrected chi connectivity index (χ2v) is 6.63. The lowest BCUT2D eigenvalue weighted by molar-refractivity contribution is 1.02. The van der Waals surface area contributed by atoms with Gasteiger partial charge in [0.1, 0.15) is 5.65 Å². The molecule has 0 aliphatic carbocycles. The molecule has 0 atom stereocenters. The van der Waals surface area contributed by atoms with Gasteiger partial charge in [-0.05, 0) is 42.1 Å². The average Bonchev–Trinajstić information content (AvgIpc) is 3.04. The molecule has 0 fully saturated rings. The molecule has 4 aromatic rings. The van der Waals surface area contributed by atoms with E-state index in [4.69, 9.17) is 5.73 Å². The standard InChI is InChI=1S/C14H10N4S2/c15-9-4-5-10-11(8-9)19-14(17-10)20-13-3-1-2-12-16-6-7-18(12)13/h1-8H,15H2. The molecule has 2 N–H and O–H groups in total. The predicted molar refractivity (Wildman–Crippen MR) is 83.3 cm³/mol. The molecule has 20 heavy (non-hydrogen) atoms. The lowest BCUT2D eigenvalue weighted by atomic mass is 10.3. The minimum absolute atomic E-state index is 0.773. The van der Waals surface area contributed by atoms with Gasteiger partial charge in [-0.15, -0.1) is 11.3 Å². The topological polar surface area (TPSA) is 56.2 Å². The van der Waals surface area contributed by atoms with Crippen LogP contribution in [0.3, 0.4) is 0 Å². The number of benzene rings is 1. The summed E-state index contributed by atoms with van der Waals surface area (Å²) in [4.78, 5) is 8.92. The third-order valence-corrected chi connectivity index (χ3v) is 5.10. The summed E-state index contributed by atoms with van der Waals surface area (Å²) in [7, 11) is 0. The molecule has 0 saturated carbocycles. The maximum atomic E-state index is 5.81. The lowest BCUT2D eigenvalue weighted by Crippen LogP contribution is -1.87. The fraction of sp³-hybridized carbons (Fsp3) is 0. The number of hydrogen-bond donors (Lipinski definition) is 1. The maximum Gasteiger partial charge on any atom is 0.157 e. The van der Waals surface area contributed by atoms with E-state index in [2.05, 4.69) is 20.4 Å². The lowest BCUT2D eigenvalue weighted by Gasteiger charge is -2.01. The van der Waals surface area contributed by atoms with Crippen molar-refractivity contribution in [3.05, 3.63) is 48.8 Å². The summed E-state index contributed by atoms with van der Waals surface area (Å²) < 4.78 is 4.18. The van der Waals surface area contributed by atoms with Gasteiger partial charge in [0.25, 0.3) is 0 Å². The molecule has 98 valence electrons. The molecule has 0 amide bonds. The van der Waals surface area contributed by atoms with E-state index < -0.39 is 0 Å². The molecule has 0 aliphatic heterocycles. The largest absolute Gasteiger partial charge is 0.399 e. The molecule has 1 aromatic carbocycles. The number of rotatable bonds is 2. The van der Waals surface area contributed by atoms with E-state index in [1.807, 2.05) is 36.5 Å². The van der Waals surface area contributed by atoms with Crippen LogP contribution >= 0.6 is 23.1 Å². The highest BCUT2D eigenvalue weighted by atomic mass is 32.2. The van der Waals surface area contributed by atoms with Crippen molar-refractivity contribution >= 4 is 44.6 Å². The number of nitrogen functional groups attached to an aromatic ring is 1. The van der Waals surface area contributed by atoms with E-state index in [1.165, 1.54) is 0 Å². The third kappa shape index (κ3) is 1.93. The van der Waals surface area contributed by atoms with Gasteiger partial charge in [0.15, 0.2) is 4.34 Å². The Labute approximate surface area is 123 Å². The molecular weight excluding hydrogens is 288 g/mol. The second-order valence-electron chi connectivity index (χ2n) is 4.33. The Balaban J connectivity index is 1.78. The van der Waals surface area contributed by atoms with Crippen LogP contribution in [0.2, 0.25) is 0 Å². The monoisotopic (exact) mass is 298 g/mol. The summed E-state index contributed by atoms with van der Waals surface area (Å²) in [5.74, 6) is 0. The Hall–Kier alpha value is -2.05. The Morgan fingerprint density at radius 1 is 1.20 bits per heavy atom. The van der Waals surface area contributed by atoms with E-state index >= 15 is 0 Å². The van der Waals surface area contributed by atoms with Crippen LogP contribution in [-0.4, -0.2) is 14.4 Å². The zero-order valence-electron chi connectivity index (χ0n) is 10.4. The van der Waals surface area contributed by atoms with E-state index in [0.29, 0.717) is 0 Å². The molecule has 0 aliphatic rings. The molecular formula is C14H10N4S2. The van der Waals surface area contributed by atoms with Crippen molar-refractivity contribution in [1.82, 2.24) is 14.4 Å². The number of anilines is 1. The van der Waals surface area contributed by atoms with E-state index in [1.54, 1.807) is 29.3 Å². The summed E-state index contributed by atoms with van der Waals surface area (Å²) >= 11 is 3.30. The zero-order chi connectivity index (χ0) is 13.5. The van der Waals surface area contributed by atoms with Crippen LogP contribution in [0.4, 0.5) is 5.69 Å². The van der Waals surface area contributed by atoms with Crippen molar-refractivity contribution in [3.63, 3.8) is 0 Å². The molecule has 0 spiro atoms. The van der Waals surface area contributed by atoms with Crippen LogP contribution in [-0.2, 0) is 0 Å². The molecule has 4 rings (SSSR count). The molecule has 3 heterocycles. The summed E-state index contributed by atoms with van der Waals surface area (Å²) in [6.45, 7) is 0. The van der Waals surface area contributed by atoms with Crippen molar-refractivity contribution in [1.29, 1.82) is 0 Å². The van der Waals surface area contributed by atoms with Crippen molar-refractivity contribution in [2.24, 2.45) is 0 Å². The van der Waals surface area contributed by atoms with Crippen LogP contribution in [0.15, 0.2) is 58.2 Å². The van der Waals surface area contributed by atoms with Crippen LogP contribution in [0.1, 0.15) is 0 Å². The Bertz CT molecular complexity index is 910. The van der Waals surface area contributed by atoms with Gasteiger partial charge >= 0.3 is 0 Å². The first kappa shape index (κ1) is 11.7. The van der Waals surface area contributed by atoms with Crippen LogP contribution in [0.25, 0.3) is 15.9 Å². The number of thiazole rings is 1. The number of hydrogen-bond acceptors (Lipinski definition) is 5. The van der Waals surface area contributed by atoms with E-state index in [-0.39, 0.29) is 0 Å². The number of nitrogens with zero attached hydrogens (tertiary/aromatic N) is 3. The van der Waals surface area contributed by atoms with Crippen LogP contribution in [0, 0.1) is 0 Å². The first-order chi connectivity index (χ1) is 9.79. The Morgan fingerprint density at radius 3 is 3.10 bits per heavy atom. The van der Waals surface area contributed by atoms with Gasteiger partial charge in [-0.25, -0.2) is 9.97 Å². The van der Waals surface area contributed by atoms with Gasteiger partial charge in [-0.3, -0.25) is 4.40 Å². The normalized spacial score (nSPS) is 11.4. The molecule has 4 nitrogen and oxygen atoms in total. The zero-order valence-corrected chi connectivity index (χ0v) is 12.0. The summed E-state index contributed by atoms with van der Waals surface area (Å²) in [5.41, 5.74) is 8.51. The van der Waals surface area contributed by atoms with Crippen molar-refractivity contribution in [2.75, 3.05) is 5.73 Å². The van der Waals surface area contributed by atoms with E-state index in [9.17, 15) is 0 Å². The Morgan fingerprint density at radius 2 is 2.15 bits per heavy atom. The summed E-state index contributed by atoms with van der Waals surface area (Å²) in [6.07, 6.45) is 3.77. The predicted octanol–water partition coefficient (Wildman–Crippen LogP) is 3.68. The third-order valence-electron chi connectivity index (χ3n) is 2.98. The first-order valence-electron chi connectivity index (χ1n) is 6.05. The molecule has 0 unspecified atom stereocenters. The first-order valence-corrected chi connectivity index (χ1v) is 7.69. The molecule has 0 radical (unpaired) electrons. The van der Waals surface area contributed by atoms with Gasteiger partial charge in [0, 0.05) is 18.1 Å². The van der Waals surface area contributed by atoms with Crippen molar-refractivity contribution < 1.29 is 0 Å². The second kappa shape index (κ2) is 4.50. The molecule has 0 bridgehead atoms. The molecule has 0 saturated heterocycles. The highest BCUT2D eigenvalue weighted by Gasteiger charge is 2.08. The summed E-state index contributed by atoms with van der Waals surface area (Å²) in [6, 6.07) is 11.9. The maximum absolute atomic E-state index is 5.81. The van der Waals surface area contributed by atoms with Gasteiger partial charge in [-0.2, -0.15) is 0 Å². The van der Waals surface area contributed by atoms with E-state index in [0.717, 1.165) is 30.9 Å². The Kier molecular flexibility index (Phi) is 2.64. The van der Waals surface area contributed by atoms with Gasteiger partial charge in [0.2, 0.25) is 0 Å². The minimum atomic E-state index is 0.773. The van der Waals surface area contributed by atoms with Gasteiger partial charge in [0.05, 0.1) is 15.2 Å². The number of pyridine rings is 1. The minimum Gasteiger partial charge on any atom is -0.399 e. The number of nitrogens with two attached hydrogens (primary N) is 1. The molecule has 3 aromatic heterocycles. The van der Waals surface area contributed by atoms with Gasteiger partial charge < -0.3 is 5.73 Å². The van der Waals surface area contributed by atoms with Crippen LogP contribution < -0.4 is 5.73 Å². The fourth-order valence-electron chi connectivity index (χ4n) is 2.06. The fourth-order valence-corrected chi connectivity index (χ4v) is 4.22. The quantitative estimate of drug-likeness (QED) is 0.574. The highest BCUT2D eigenvalue weighted by molar-refractivity contribution is 8.01. The number of imidazole rings is 1. The van der Waals surface area contributed by atoms with Crippen LogP contribution in [0.5, 0.6) is 0 Å². The number of fused-ring (bicyclic) bond motifs is 2. The SMILES string of the molecule is Nc1ccc2nc(Sc3cccc4nccn34)sc2c1. The van der Waals surface area contributed by atoms with Crippen molar-refractivity contribution in [3.8, 4) is 0 Å². The average molecular weight is 298 g/mol. The smallest absolute Gasteiger partial charge is 0.157 e. The highest BCUT2D eigenvalue weighted by Crippen LogP contribution is 2.35. The van der Waals surface area contributed by atoms with Crippen molar-refractivity contribution in [2.45, 2.75) is 9.37 Å². The molecule has 6 heteroatoms.